The van der Waals surface area contributed by atoms with Gasteiger partial charge in [0.25, 0.3) is 17.1 Å². The van der Waals surface area contributed by atoms with Gasteiger partial charge in [0.15, 0.2) is 0 Å². The second-order valence-corrected chi connectivity index (χ2v) is 7.50. The van der Waals surface area contributed by atoms with Crippen molar-refractivity contribution in [2.75, 3.05) is 0 Å². The Morgan fingerprint density at radius 3 is 1.24 bits per heavy atom. The summed E-state index contributed by atoms with van der Waals surface area (Å²) in [5.41, 5.74) is -1.89. The molecule has 11 heteroatoms. The zero-order chi connectivity index (χ0) is 24.1. The standard InChI is InChI=1S/C22H13Cl2N3O6/c23-16-7-1-14(2-8-16)5-11-18-20(25(28)29)13-21(26(30)31)19(22(18)27(32)33)12-6-15-3-9-17(24)10-4-15/h1-13H. The van der Waals surface area contributed by atoms with Crippen LogP contribution in [0.15, 0.2) is 54.6 Å². The fourth-order valence-electron chi connectivity index (χ4n) is 3.01. The van der Waals surface area contributed by atoms with Crippen molar-refractivity contribution in [3.63, 3.8) is 0 Å². The lowest BCUT2D eigenvalue weighted by Gasteiger charge is -2.06. The summed E-state index contributed by atoms with van der Waals surface area (Å²) in [4.78, 5) is 32.6. The van der Waals surface area contributed by atoms with E-state index in [9.17, 15) is 30.3 Å². The van der Waals surface area contributed by atoms with Gasteiger partial charge >= 0.3 is 0 Å². The van der Waals surface area contributed by atoms with Crippen LogP contribution >= 0.6 is 23.2 Å². The van der Waals surface area contributed by atoms with Gasteiger partial charge in [0, 0.05) is 10.0 Å². The maximum absolute atomic E-state index is 12.0. The van der Waals surface area contributed by atoms with Gasteiger partial charge in [-0.1, -0.05) is 59.6 Å². The van der Waals surface area contributed by atoms with E-state index < -0.39 is 31.8 Å². The van der Waals surface area contributed by atoms with Crippen molar-refractivity contribution in [3.8, 4) is 0 Å². The largest absolute Gasteiger partial charge is 0.297 e. The number of nitro groups is 3. The van der Waals surface area contributed by atoms with Gasteiger partial charge in [0.1, 0.15) is 11.1 Å². The van der Waals surface area contributed by atoms with Crippen LogP contribution in [0.5, 0.6) is 0 Å². The molecule has 33 heavy (non-hydrogen) atoms. The van der Waals surface area contributed by atoms with Crippen LogP contribution in [0.1, 0.15) is 22.3 Å². The molecular weight excluding hydrogens is 473 g/mol. The van der Waals surface area contributed by atoms with Gasteiger partial charge in [-0.15, -0.1) is 0 Å². The molecule has 3 aromatic rings. The molecule has 0 amide bonds. The highest BCUT2D eigenvalue weighted by Gasteiger charge is 2.34. The van der Waals surface area contributed by atoms with E-state index in [-0.39, 0.29) is 11.1 Å². The Morgan fingerprint density at radius 2 is 0.939 bits per heavy atom. The summed E-state index contributed by atoms with van der Waals surface area (Å²) in [6.45, 7) is 0. The number of hydrogen-bond donors (Lipinski definition) is 0. The third kappa shape index (κ3) is 5.59. The summed E-state index contributed by atoms with van der Waals surface area (Å²) in [6.07, 6.45) is 5.21. The van der Waals surface area contributed by atoms with Crippen molar-refractivity contribution in [1.82, 2.24) is 0 Å². The molecule has 0 fully saturated rings. The van der Waals surface area contributed by atoms with Crippen molar-refractivity contribution in [3.05, 3.63) is 117 Å². The monoisotopic (exact) mass is 485 g/mol. The van der Waals surface area contributed by atoms with Gasteiger partial charge in [0.05, 0.1) is 20.8 Å². The van der Waals surface area contributed by atoms with E-state index in [0.29, 0.717) is 21.2 Å². The van der Waals surface area contributed by atoms with E-state index in [2.05, 4.69) is 0 Å². The molecule has 0 atom stereocenters. The SMILES string of the molecule is O=[N+]([O-])c1cc([N+](=O)[O-])c(C=Cc2ccc(Cl)cc2)c([N+](=O)[O-])c1C=Cc1ccc(Cl)cc1. The molecular formula is C22H13Cl2N3O6. The van der Waals surface area contributed by atoms with Crippen LogP contribution in [0, 0.1) is 30.3 Å². The Kier molecular flexibility index (Phi) is 7.17. The lowest BCUT2D eigenvalue weighted by atomic mass is 10.00. The Bertz CT molecular complexity index is 1210. The molecule has 0 saturated heterocycles. The average molecular weight is 486 g/mol. The lowest BCUT2D eigenvalue weighted by Crippen LogP contribution is -2.04. The molecule has 0 aliphatic carbocycles. The summed E-state index contributed by atoms with van der Waals surface area (Å²) in [5.74, 6) is 0. The van der Waals surface area contributed by atoms with Gasteiger partial charge in [-0.25, -0.2) is 0 Å². The predicted octanol–water partition coefficient (Wildman–Crippen LogP) is 7.06. The highest BCUT2D eigenvalue weighted by atomic mass is 35.5. The normalized spacial score (nSPS) is 11.2. The first kappa shape index (κ1) is 23.6. The van der Waals surface area contributed by atoms with Crippen molar-refractivity contribution >= 4 is 64.6 Å². The number of nitro benzene ring substituents is 3. The Hall–Kier alpha value is -4.08. The molecule has 0 spiro atoms. The molecule has 0 heterocycles. The highest BCUT2D eigenvalue weighted by molar-refractivity contribution is 6.30. The summed E-state index contributed by atoms with van der Waals surface area (Å²) in [6, 6.07) is 13.5. The molecule has 0 bridgehead atoms. The quantitative estimate of drug-likeness (QED) is 0.200. The first-order valence-corrected chi connectivity index (χ1v) is 9.94. The second kappa shape index (κ2) is 10.0. The van der Waals surface area contributed by atoms with E-state index >= 15 is 0 Å². The van der Waals surface area contributed by atoms with Crippen LogP contribution in [-0.4, -0.2) is 14.8 Å². The maximum atomic E-state index is 12.0. The number of hydrogen-bond acceptors (Lipinski definition) is 6. The van der Waals surface area contributed by atoms with E-state index in [1.807, 2.05) is 0 Å². The minimum absolute atomic E-state index is 0.374. The minimum atomic E-state index is -0.895. The molecule has 9 nitrogen and oxygen atoms in total. The fourth-order valence-corrected chi connectivity index (χ4v) is 3.26. The lowest BCUT2D eigenvalue weighted by molar-refractivity contribution is -0.403. The summed E-state index contributed by atoms with van der Waals surface area (Å²) in [7, 11) is 0. The smallest absolute Gasteiger partial charge is 0.258 e. The highest BCUT2D eigenvalue weighted by Crippen LogP contribution is 2.41. The van der Waals surface area contributed by atoms with Crippen LogP contribution in [0.25, 0.3) is 24.3 Å². The molecule has 166 valence electrons. The van der Waals surface area contributed by atoms with Gasteiger partial charge in [0.2, 0.25) is 0 Å². The maximum Gasteiger partial charge on any atom is 0.297 e. The first-order valence-electron chi connectivity index (χ1n) is 9.19. The Labute approximate surface area is 196 Å². The average Bonchev–Trinajstić information content (AvgIpc) is 2.77. The number of benzene rings is 3. The molecule has 0 N–H and O–H groups in total. The minimum Gasteiger partial charge on any atom is -0.258 e. The Morgan fingerprint density at radius 1 is 0.576 bits per heavy atom. The molecule has 0 aliphatic rings. The number of halogens is 2. The molecule has 0 radical (unpaired) electrons. The van der Waals surface area contributed by atoms with Crippen LogP contribution in [0.4, 0.5) is 17.1 Å². The zero-order valence-corrected chi connectivity index (χ0v) is 18.1. The first-order chi connectivity index (χ1) is 15.7. The third-order valence-corrected chi connectivity index (χ3v) is 5.04. The molecule has 3 aromatic carbocycles. The van der Waals surface area contributed by atoms with Crippen molar-refractivity contribution in [1.29, 1.82) is 0 Å². The molecule has 0 unspecified atom stereocenters. The predicted molar refractivity (Wildman–Crippen MR) is 127 cm³/mol. The summed E-state index contributed by atoms with van der Waals surface area (Å²) >= 11 is 11.7. The van der Waals surface area contributed by atoms with Crippen molar-refractivity contribution in [2.45, 2.75) is 0 Å². The third-order valence-electron chi connectivity index (χ3n) is 4.54. The van der Waals surface area contributed by atoms with E-state index in [1.54, 1.807) is 48.5 Å². The summed E-state index contributed by atoms with van der Waals surface area (Å²) < 4.78 is 0. The van der Waals surface area contributed by atoms with Crippen LogP contribution in [-0.2, 0) is 0 Å². The Balaban J connectivity index is 2.25. The number of rotatable bonds is 7. The van der Waals surface area contributed by atoms with Gasteiger partial charge < -0.3 is 0 Å². The molecule has 0 saturated carbocycles. The van der Waals surface area contributed by atoms with Crippen LogP contribution < -0.4 is 0 Å². The fraction of sp³-hybridized carbons (Fsp3) is 0. The van der Waals surface area contributed by atoms with Crippen LogP contribution in [0.2, 0.25) is 10.0 Å². The van der Waals surface area contributed by atoms with Gasteiger partial charge in [-0.3, -0.25) is 30.3 Å². The van der Waals surface area contributed by atoms with Gasteiger partial charge in [-0.05, 0) is 47.5 Å². The molecule has 0 aliphatic heterocycles. The summed E-state index contributed by atoms with van der Waals surface area (Å²) in [5, 5.41) is 36.2. The topological polar surface area (TPSA) is 129 Å². The van der Waals surface area contributed by atoms with Crippen molar-refractivity contribution < 1.29 is 14.8 Å². The van der Waals surface area contributed by atoms with Gasteiger partial charge in [-0.2, -0.15) is 0 Å². The second-order valence-electron chi connectivity index (χ2n) is 6.63. The van der Waals surface area contributed by atoms with E-state index in [1.165, 1.54) is 24.3 Å². The number of nitrogens with zero attached hydrogens (tertiary/aromatic N) is 3. The van der Waals surface area contributed by atoms with E-state index in [4.69, 9.17) is 23.2 Å². The molecule has 3 rings (SSSR count). The zero-order valence-electron chi connectivity index (χ0n) is 16.6. The van der Waals surface area contributed by atoms with Crippen molar-refractivity contribution in [2.24, 2.45) is 0 Å². The van der Waals surface area contributed by atoms with E-state index in [0.717, 1.165) is 6.07 Å². The van der Waals surface area contributed by atoms with Crippen LogP contribution in [0.3, 0.4) is 0 Å². The molecule has 0 aromatic heterocycles.